The first kappa shape index (κ1) is 18.1. The first-order chi connectivity index (χ1) is 11.2. The molecule has 3 aliphatic heterocycles. The van der Waals surface area contributed by atoms with Crippen molar-refractivity contribution in [2.45, 2.75) is 30.9 Å². The number of hydrogen-bond acceptors (Lipinski definition) is 5. The van der Waals surface area contributed by atoms with Gasteiger partial charge in [0.15, 0.2) is 9.84 Å². The van der Waals surface area contributed by atoms with Gasteiger partial charge in [0.05, 0.1) is 11.2 Å². The summed E-state index contributed by atoms with van der Waals surface area (Å²) in [5, 5.41) is -0.612. The zero-order valence-electron chi connectivity index (χ0n) is 13.9. The van der Waals surface area contributed by atoms with Crippen LogP contribution in [0.2, 0.25) is 0 Å². The Morgan fingerprint density at radius 3 is 2.08 bits per heavy atom. The van der Waals surface area contributed by atoms with Gasteiger partial charge in [0.1, 0.15) is 0 Å². The lowest BCUT2D eigenvalue weighted by molar-refractivity contribution is -0.135. The molecule has 8 nitrogen and oxygen atoms in total. The van der Waals surface area contributed by atoms with Crippen LogP contribution >= 0.6 is 0 Å². The van der Waals surface area contributed by atoms with E-state index in [0.29, 0.717) is 19.4 Å². The van der Waals surface area contributed by atoms with Crippen molar-refractivity contribution in [3.05, 3.63) is 0 Å². The molecular weight excluding hydrogens is 354 g/mol. The van der Waals surface area contributed by atoms with Crippen molar-refractivity contribution >= 4 is 26.0 Å². The highest BCUT2D eigenvalue weighted by molar-refractivity contribution is 7.91. The fourth-order valence-corrected chi connectivity index (χ4v) is 6.45. The second-order valence-electron chi connectivity index (χ2n) is 7.01. The van der Waals surface area contributed by atoms with Crippen molar-refractivity contribution in [3.8, 4) is 0 Å². The number of carbonyl (C=O) groups excluding carboxylic acids is 1. The molecule has 1 atom stereocenters. The Morgan fingerprint density at radius 2 is 1.50 bits per heavy atom. The summed E-state index contributed by atoms with van der Waals surface area (Å²) in [6, 6.07) is 0. The molecule has 0 spiro atoms. The lowest BCUT2D eigenvalue weighted by atomic mass is 9.98. The van der Waals surface area contributed by atoms with Crippen LogP contribution in [0.4, 0.5) is 0 Å². The molecule has 0 aromatic heterocycles. The van der Waals surface area contributed by atoms with E-state index < -0.39 is 25.3 Å². The minimum Gasteiger partial charge on any atom is -0.342 e. The van der Waals surface area contributed by atoms with Gasteiger partial charge < -0.3 is 4.90 Å². The van der Waals surface area contributed by atoms with Crippen molar-refractivity contribution in [1.29, 1.82) is 0 Å². The van der Waals surface area contributed by atoms with Gasteiger partial charge in [0.2, 0.25) is 5.91 Å². The summed E-state index contributed by atoms with van der Waals surface area (Å²) in [7, 11) is -6.89. The Bertz CT molecular complexity index is 694. The van der Waals surface area contributed by atoms with E-state index in [0.717, 1.165) is 32.2 Å². The third-order valence-electron chi connectivity index (χ3n) is 5.22. The standard InChI is InChI=1S/C14H25N3O5S2/c1-23(19,20)13-10-17(11-13)24(21,22)16-8-4-5-12(9-16)14(18)15-6-2-3-7-15/h12-13H,2-11H2,1H3/t12-/m0/s1. The number of hydrogen-bond donors (Lipinski definition) is 0. The summed E-state index contributed by atoms with van der Waals surface area (Å²) in [6.07, 6.45) is 4.54. The molecule has 3 saturated heterocycles. The molecule has 0 aromatic rings. The van der Waals surface area contributed by atoms with Crippen LogP contribution in [0.5, 0.6) is 0 Å². The largest absolute Gasteiger partial charge is 0.342 e. The quantitative estimate of drug-likeness (QED) is 0.643. The van der Waals surface area contributed by atoms with Crippen molar-refractivity contribution < 1.29 is 21.6 Å². The van der Waals surface area contributed by atoms with E-state index in [1.54, 1.807) is 0 Å². The first-order valence-corrected chi connectivity index (χ1v) is 11.8. The number of amides is 1. The van der Waals surface area contributed by atoms with E-state index in [2.05, 4.69) is 0 Å². The predicted molar refractivity (Wildman–Crippen MR) is 89.2 cm³/mol. The highest BCUT2D eigenvalue weighted by atomic mass is 32.2. The predicted octanol–water partition coefficient (Wildman–Crippen LogP) is -0.706. The highest BCUT2D eigenvalue weighted by Gasteiger charge is 2.45. The lowest BCUT2D eigenvalue weighted by Crippen LogP contribution is -2.61. The normalized spacial score (nSPS) is 28.0. The smallest absolute Gasteiger partial charge is 0.282 e. The maximum Gasteiger partial charge on any atom is 0.282 e. The Balaban J connectivity index is 1.63. The molecule has 0 aliphatic carbocycles. The van der Waals surface area contributed by atoms with E-state index >= 15 is 0 Å². The zero-order valence-corrected chi connectivity index (χ0v) is 15.6. The Morgan fingerprint density at radius 1 is 0.875 bits per heavy atom. The third-order valence-corrected chi connectivity index (χ3v) is 8.67. The van der Waals surface area contributed by atoms with E-state index in [4.69, 9.17) is 0 Å². The summed E-state index contributed by atoms with van der Waals surface area (Å²) >= 11 is 0. The van der Waals surface area contributed by atoms with Crippen molar-refractivity contribution in [2.75, 3.05) is 45.5 Å². The van der Waals surface area contributed by atoms with Gasteiger partial charge in [-0.1, -0.05) is 0 Å². The van der Waals surface area contributed by atoms with Crippen LogP contribution in [-0.4, -0.2) is 87.0 Å². The molecule has 0 aromatic carbocycles. The minimum atomic E-state index is -3.68. The zero-order chi connectivity index (χ0) is 17.5. The molecule has 0 unspecified atom stereocenters. The van der Waals surface area contributed by atoms with Crippen LogP contribution in [0.15, 0.2) is 0 Å². The number of sulfone groups is 1. The van der Waals surface area contributed by atoms with Gasteiger partial charge in [0.25, 0.3) is 10.2 Å². The topological polar surface area (TPSA) is 95.1 Å². The van der Waals surface area contributed by atoms with Crippen molar-refractivity contribution in [3.63, 3.8) is 0 Å². The monoisotopic (exact) mass is 379 g/mol. The molecule has 3 aliphatic rings. The summed E-state index contributed by atoms with van der Waals surface area (Å²) in [6.45, 7) is 2.17. The van der Waals surface area contributed by atoms with Crippen LogP contribution in [0.1, 0.15) is 25.7 Å². The SMILES string of the molecule is CS(=O)(=O)C1CN(S(=O)(=O)N2CCC[C@H](C(=O)N3CCCC3)C2)C1. The molecule has 1 amide bonds. The average Bonchev–Trinajstić information content (AvgIpc) is 2.97. The lowest BCUT2D eigenvalue weighted by Gasteiger charge is -2.42. The Kier molecular flexibility index (Phi) is 4.93. The fraction of sp³-hybridized carbons (Fsp3) is 0.929. The van der Waals surface area contributed by atoms with Crippen molar-refractivity contribution in [1.82, 2.24) is 13.5 Å². The average molecular weight is 380 g/mol. The molecule has 24 heavy (non-hydrogen) atoms. The minimum absolute atomic E-state index is 0.0163. The van der Waals surface area contributed by atoms with Gasteiger partial charge in [-0.3, -0.25) is 4.79 Å². The van der Waals surface area contributed by atoms with Crippen LogP contribution in [0.3, 0.4) is 0 Å². The number of likely N-dealkylation sites (tertiary alicyclic amines) is 1. The second-order valence-corrected chi connectivity index (χ2v) is 11.3. The van der Waals surface area contributed by atoms with Crippen LogP contribution in [0.25, 0.3) is 0 Å². The van der Waals surface area contributed by atoms with Crippen molar-refractivity contribution in [2.24, 2.45) is 5.92 Å². The molecule has 0 bridgehead atoms. The molecular formula is C14H25N3O5S2. The molecule has 0 radical (unpaired) electrons. The van der Waals surface area contributed by atoms with Crippen LogP contribution < -0.4 is 0 Å². The molecule has 0 N–H and O–H groups in total. The van der Waals surface area contributed by atoms with E-state index in [1.807, 2.05) is 4.90 Å². The maximum atomic E-state index is 12.7. The molecule has 3 rings (SSSR count). The molecule has 3 fully saturated rings. The second kappa shape index (κ2) is 6.54. The number of nitrogens with zero attached hydrogens (tertiary/aromatic N) is 3. The van der Waals surface area contributed by atoms with Gasteiger partial charge in [0, 0.05) is 45.5 Å². The molecule has 10 heteroatoms. The summed E-state index contributed by atoms with van der Waals surface area (Å²) in [4.78, 5) is 14.4. The molecule has 3 heterocycles. The first-order valence-electron chi connectivity index (χ1n) is 8.42. The number of rotatable bonds is 4. The molecule has 138 valence electrons. The fourth-order valence-electron chi connectivity index (χ4n) is 3.57. The maximum absolute atomic E-state index is 12.7. The van der Waals surface area contributed by atoms with E-state index in [9.17, 15) is 21.6 Å². The van der Waals surface area contributed by atoms with E-state index in [-0.39, 0.29) is 31.5 Å². The van der Waals surface area contributed by atoms with Gasteiger partial charge in [-0.25, -0.2) is 8.42 Å². The van der Waals surface area contributed by atoms with Gasteiger partial charge in [-0.15, -0.1) is 0 Å². The summed E-state index contributed by atoms with van der Waals surface area (Å²) < 4.78 is 50.8. The third kappa shape index (κ3) is 3.47. The van der Waals surface area contributed by atoms with E-state index in [1.165, 1.54) is 8.61 Å². The Hall–Kier alpha value is -0.710. The number of piperidine rings is 1. The van der Waals surface area contributed by atoms with Gasteiger partial charge >= 0.3 is 0 Å². The van der Waals surface area contributed by atoms with Gasteiger partial charge in [-0.05, 0) is 25.7 Å². The highest BCUT2D eigenvalue weighted by Crippen LogP contribution is 2.27. The summed E-state index contributed by atoms with van der Waals surface area (Å²) in [5.41, 5.74) is 0. The van der Waals surface area contributed by atoms with Gasteiger partial charge in [-0.2, -0.15) is 17.0 Å². The Labute approximate surface area is 143 Å². The molecule has 0 saturated carbocycles. The van der Waals surface area contributed by atoms with Crippen LogP contribution in [0, 0.1) is 5.92 Å². The van der Waals surface area contributed by atoms with Crippen LogP contribution in [-0.2, 0) is 24.8 Å². The summed E-state index contributed by atoms with van der Waals surface area (Å²) in [5.74, 6) is -0.219. The number of carbonyl (C=O) groups is 1.